The number of aromatic carboxylic acids is 1. The molecule has 1 aliphatic heterocycles. The largest absolute Gasteiger partial charge is 0.488 e. The van der Waals surface area contributed by atoms with Crippen molar-refractivity contribution in [3.8, 4) is 5.75 Å². The molecule has 1 N–H and O–H groups in total. The molecule has 0 saturated carbocycles. The van der Waals surface area contributed by atoms with Crippen LogP contribution in [-0.2, 0) is 17.5 Å². The summed E-state index contributed by atoms with van der Waals surface area (Å²) in [5.41, 5.74) is 3.80. The fraction of sp³-hybridized carbons (Fsp3) is 0.300. The lowest BCUT2D eigenvalue weighted by Crippen LogP contribution is -2.36. The van der Waals surface area contributed by atoms with Crippen LogP contribution in [0.5, 0.6) is 5.75 Å². The molecule has 0 spiro atoms. The van der Waals surface area contributed by atoms with E-state index in [0.717, 1.165) is 41.0 Å². The lowest BCUT2D eigenvalue weighted by molar-refractivity contribution is -0.137. The standard InChI is InChI=1S/C30H28F3NO4/c31-30(32,33)23-9-10-28(38-19-20-5-2-1-3-6-20)27(18-23)26-8-4-7-25(26)21-15-22(29(35)36)17-24(16-21)34-11-13-37-14-12-34/h1-3,5-6,9-10,15-18H,4,7-8,11-14,19H2,(H,35,36). The molecule has 0 unspecified atom stereocenters. The summed E-state index contributed by atoms with van der Waals surface area (Å²) < 4.78 is 52.6. The minimum atomic E-state index is -4.50. The summed E-state index contributed by atoms with van der Waals surface area (Å²) >= 11 is 0. The first-order chi connectivity index (χ1) is 18.3. The highest BCUT2D eigenvalue weighted by molar-refractivity contribution is 5.97. The van der Waals surface area contributed by atoms with E-state index in [1.54, 1.807) is 12.1 Å². The maximum Gasteiger partial charge on any atom is 0.416 e. The number of morpholine rings is 1. The van der Waals surface area contributed by atoms with Gasteiger partial charge in [0, 0.05) is 24.3 Å². The third-order valence-electron chi connectivity index (χ3n) is 6.98. The molecule has 3 aromatic rings. The zero-order valence-corrected chi connectivity index (χ0v) is 20.8. The SMILES string of the molecule is O=C(O)c1cc(C2=C(c3cc(C(F)(F)F)ccc3OCc3ccccc3)CCC2)cc(N2CCOCC2)c1. The Kier molecular flexibility index (Phi) is 7.42. The Labute approximate surface area is 219 Å². The molecule has 0 amide bonds. The Morgan fingerprint density at radius 1 is 0.947 bits per heavy atom. The van der Waals surface area contributed by atoms with Gasteiger partial charge in [-0.2, -0.15) is 13.2 Å². The summed E-state index contributed by atoms with van der Waals surface area (Å²) in [6.45, 7) is 2.59. The van der Waals surface area contributed by atoms with E-state index in [0.29, 0.717) is 56.0 Å². The summed E-state index contributed by atoms with van der Waals surface area (Å²) in [6.07, 6.45) is -2.54. The van der Waals surface area contributed by atoms with E-state index in [9.17, 15) is 23.1 Å². The van der Waals surface area contributed by atoms with E-state index in [-0.39, 0.29) is 12.2 Å². The van der Waals surface area contributed by atoms with Crippen LogP contribution in [-0.4, -0.2) is 37.4 Å². The molecule has 8 heteroatoms. The molecular weight excluding hydrogens is 495 g/mol. The molecule has 0 radical (unpaired) electrons. The highest BCUT2D eigenvalue weighted by Crippen LogP contribution is 2.45. The molecule has 1 heterocycles. The Bertz CT molecular complexity index is 1350. The van der Waals surface area contributed by atoms with E-state index in [2.05, 4.69) is 4.90 Å². The molecular formula is C30H28F3NO4. The minimum Gasteiger partial charge on any atom is -0.488 e. The topological polar surface area (TPSA) is 59.0 Å². The van der Waals surface area contributed by atoms with Crippen LogP contribution in [0.25, 0.3) is 11.1 Å². The van der Waals surface area contributed by atoms with E-state index in [4.69, 9.17) is 9.47 Å². The number of carboxylic acid groups (broad SMARTS) is 1. The number of ether oxygens (including phenoxy) is 2. The van der Waals surface area contributed by atoms with Crippen molar-refractivity contribution in [2.45, 2.75) is 32.0 Å². The van der Waals surface area contributed by atoms with Crippen molar-refractivity contribution in [3.05, 3.63) is 94.5 Å². The number of halogens is 3. The van der Waals surface area contributed by atoms with Crippen LogP contribution in [0.1, 0.15) is 51.9 Å². The fourth-order valence-corrected chi connectivity index (χ4v) is 5.08. The average molecular weight is 524 g/mol. The second kappa shape index (κ2) is 10.9. The van der Waals surface area contributed by atoms with Gasteiger partial charge in [0.2, 0.25) is 0 Å². The molecule has 0 atom stereocenters. The zero-order valence-electron chi connectivity index (χ0n) is 20.8. The van der Waals surface area contributed by atoms with Crippen molar-refractivity contribution in [2.75, 3.05) is 31.2 Å². The lowest BCUT2D eigenvalue weighted by atomic mass is 9.93. The molecule has 1 aliphatic carbocycles. The summed E-state index contributed by atoms with van der Waals surface area (Å²) in [5.74, 6) is -0.675. The van der Waals surface area contributed by atoms with Crippen molar-refractivity contribution >= 4 is 22.8 Å². The molecule has 38 heavy (non-hydrogen) atoms. The van der Waals surface area contributed by atoms with E-state index < -0.39 is 17.7 Å². The molecule has 0 bridgehead atoms. The number of rotatable bonds is 7. The number of benzene rings is 3. The van der Waals surface area contributed by atoms with Crippen LogP contribution in [0, 0.1) is 0 Å². The number of carbonyl (C=O) groups is 1. The van der Waals surface area contributed by atoms with Crippen LogP contribution in [0.4, 0.5) is 18.9 Å². The summed E-state index contributed by atoms with van der Waals surface area (Å²) in [6, 6.07) is 18.2. The zero-order chi connectivity index (χ0) is 26.7. The van der Waals surface area contributed by atoms with Crippen LogP contribution in [0.15, 0.2) is 66.7 Å². The number of hydrogen-bond acceptors (Lipinski definition) is 4. The van der Waals surface area contributed by atoms with Crippen molar-refractivity contribution in [1.82, 2.24) is 0 Å². The fourth-order valence-electron chi connectivity index (χ4n) is 5.08. The second-order valence-electron chi connectivity index (χ2n) is 9.47. The number of carboxylic acids is 1. The highest BCUT2D eigenvalue weighted by atomic mass is 19.4. The third-order valence-corrected chi connectivity index (χ3v) is 6.98. The first kappa shape index (κ1) is 25.9. The van der Waals surface area contributed by atoms with Crippen molar-refractivity contribution in [2.24, 2.45) is 0 Å². The first-order valence-corrected chi connectivity index (χ1v) is 12.6. The molecule has 0 aromatic heterocycles. The predicted molar refractivity (Wildman–Crippen MR) is 139 cm³/mol. The molecule has 1 fully saturated rings. The van der Waals surface area contributed by atoms with Crippen LogP contribution in [0.3, 0.4) is 0 Å². The Balaban J connectivity index is 1.60. The van der Waals surface area contributed by atoms with Crippen LogP contribution >= 0.6 is 0 Å². The van der Waals surface area contributed by atoms with Crippen LogP contribution in [0.2, 0.25) is 0 Å². The second-order valence-corrected chi connectivity index (χ2v) is 9.47. The number of hydrogen-bond donors (Lipinski definition) is 1. The number of allylic oxidation sites excluding steroid dienone is 2. The normalized spacial score (nSPS) is 16.1. The van der Waals surface area contributed by atoms with Crippen LogP contribution < -0.4 is 9.64 Å². The Hall–Kier alpha value is -3.78. The van der Waals surface area contributed by atoms with Gasteiger partial charge in [-0.25, -0.2) is 4.79 Å². The van der Waals surface area contributed by atoms with Gasteiger partial charge in [-0.1, -0.05) is 30.3 Å². The molecule has 198 valence electrons. The first-order valence-electron chi connectivity index (χ1n) is 12.6. The van der Waals surface area contributed by atoms with Crippen molar-refractivity contribution in [1.29, 1.82) is 0 Å². The summed E-state index contributed by atoms with van der Waals surface area (Å²) in [4.78, 5) is 14.1. The average Bonchev–Trinajstić information content (AvgIpc) is 3.42. The molecule has 5 rings (SSSR count). The van der Waals surface area contributed by atoms with Crippen molar-refractivity contribution < 1.29 is 32.5 Å². The predicted octanol–water partition coefficient (Wildman–Crippen LogP) is 6.91. The van der Waals surface area contributed by atoms with Gasteiger partial charge >= 0.3 is 12.1 Å². The summed E-state index contributed by atoms with van der Waals surface area (Å²) in [5, 5.41) is 9.80. The van der Waals surface area contributed by atoms with Gasteiger partial charge in [-0.15, -0.1) is 0 Å². The Morgan fingerprint density at radius 3 is 2.39 bits per heavy atom. The van der Waals surface area contributed by atoms with E-state index >= 15 is 0 Å². The maximum atomic E-state index is 13.7. The number of alkyl halides is 3. The van der Waals surface area contributed by atoms with Gasteiger partial charge in [0.15, 0.2) is 0 Å². The minimum absolute atomic E-state index is 0.146. The van der Waals surface area contributed by atoms with E-state index in [1.807, 2.05) is 36.4 Å². The third kappa shape index (κ3) is 5.70. The van der Waals surface area contributed by atoms with Gasteiger partial charge in [-0.3, -0.25) is 0 Å². The highest BCUT2D eigenvalue weighted by Gasteiger charge is 2.32. The maximum absolute atomic E-state index is 13.7. The molecule has 1 saturated heterocycles. The summed E-state index contributed by atoms with van der Waals surface area (Å²) in [7, 11) is 0. The van der Waals surface area contributed by atoms with Gasteiger partial charge in [-0.05, 0) is 77.9 Å². The van der Waals surface area contributed by atoms with Gasteiger partial charge in [0.05, 0.1) is 24.3 Å². The van der Waals surface area contributed by atoms with Crippen molar-refractivity contribution in [3.63, 3.8) is 0 Å². The van der Waals surface area contributed by atoms with Gasteiger partial charge in [0.1, 0.15) is 12.4 Å². The number of anilines is 1. The molecule has 5 nitrogen and oxygen atoms in total. The monoisotopic (exact) mass is 523 g/mol. The lowest BCUT2D eigenvalue weighted by Gasteiger charge is -2.29. The molecule has 3 aromatic carbocycles. The smallest absolute Gasteiger partial charge is 0.416 e. The van der Waals surface area contributed by atoms with Gasteiger partial charge < -0.3 is 19.5 Å². The molecule has 2 aliphatic rings. The quantitative estimate of drug-likeness (QED) is 0.365. The van der Waals surface area contributed by atoms with E-state index in [1.165, 1.54) is 6.07 Å². The number of nitrogens with zero attached hydrogens (tertiary/aromatic N) is 1. The Morgan fingerprint density at radius 2 is 1.68 bits per heavy atom. The van der Waals surface area contributed by atoms with Gasteiger partial charge in [0.25, 0.3) is 0 Å².